The molecule has 128 valence electrons. The highest BCUT2D eigenvalue weighted by Crippen LogP contribution is 2.45. The molecule has 1 fully saturated rings. The molecule has 0 amide bonds. The third-order valence-electron chi connectivity index (χ3n) is 5.14. The summed E-state index contributed by atoms with van der Waals surface area (Å²) in [7, 11) is 0. The molecule has 0 spiro atoms. The van der Waals surface area contributed by atoms with Crippen LogP contribution in [0.2, 0.25) is 0 Å². The van der Waals surface area contributed by atoms with Gasteiger partial charge in [-0.1, -0.05) is 43.5 Å². The monoisotopic (exact) mass is 324 g/mol. The molecular weight excluding hydrogens is 296 g/mol. The Kier molecular flexibility index (Phi) is 5.44. The molecular formula is C22H28O2. The van der Waals surface area contributed by atoms with E-state index in [0.717, 1.165) is 11.5 Å². The van der Waals surface area contributed by atoms with Crippen molar-refractivity contribution in [2.45, 2.75) is 51.4 Å². The Balaban J connectivity index is 1.94. The average molecular weight is 324 g/mol. The minimum atomic E-state index is 0.133. The number of benzene rings is 2. The van der Waals surface area contributed by atoms with Gasteiger partial charge in [-0.2, -0.15) is 0 Å². The zero-order valence-corrected chi connectivity index (χ0v) is 14.9. The lowest BCUT2D eigenvalue weighted by Gasteiger charge is -2.38. The fraction of sp³-hybridized carbons (Fsp3) is 0.455. The van der Waals surface area contributed by atoms with E-state index in [1.54, 1.807) is 0 Å². The van der Waals surface area contributed by atoms with Crippen molar-refractivity contribution < 1.29 is 9.47 Å². The van der Waals surface area contributed by atoms with Gasteiger partial charge in [0.05, 0.1) is 13.2 Å². The Morgan fingerprint density at radius 1 is 0.667 bits per heavy atom. The van der Waals surface area contributed by atoms with Crippen LogP contribution in [0, 0.1) is 0 Å². The van der Waals surface area contributed by atoms with Gasteiger partial charge in [-0.15, -0.1) is 0 Å². The van der Waals surface area contributed by atoms with Crippen molar-refractivity contribution >= 4 is 0 Å². The summed E-state index contributed by atoms with van der Waals surface area (Å²) in [6.45, 7) is 5.47. The molecule has 1 aliphatic rings. The van der Waals surface area contributed by atoms with Gasteiger partial charge in [0.15, 0.2) is 0 Å². The molecule has 3 rings (SSSR count). The van der Waals surface area contributed by atoms with Crippen LogP contribution in [0.5, 0.6) is 11.5 Å². The van der Waals surface area contributed by atoms with Crippen molar-refractivity contribution in [2.75, 3.05) is 13.2 Å². The topological polar surface area (TPSA) is 18.5 Å². The second kappa shape index (κ2) is 7.74. The zero-order chi connectivity index (χ0) is 16.8. The van der Waals surface area contributed by atoms with Crippen LogP contribution in [0.1, 0.15) is 57.1 Å². The fourth-order valence-corrected chi connectivity index (χ4v) is 3.97. The molecule has 2 heteroatoms. The van der Waals surface area contributed by atoms with E-state index in [1.165, 1.54) is 43.2 Å². The van der Waals surface area contributed by atoms with Gasteiger partial charge in [-0.05, 0) is 62.1 Å². The van der Waals surface area contributed by atoms with Crippen LogP contribution in [0.4, 0.5) is 0 Å². The number of ether oxygens (including phenoxy) is 2. The van der Waals surface area contributed by atoms with Crippen LogP contribution in [0.25, 0.3) is 0 Å². The largest absolute Gasteiger partial charge is 0.494 e. The maximum Gasteiger partial charge on any atom is 0.119 e. The molecule has 2 aromatic rings. The van der Waals surface area contributed by atoms with E-state index in [1.807, 2.05) is 13.8 Å². The van der Waals surface area contributed by atoms with Gasteiger partial charge in [0.25, 0.3) is 0 Å². The van der Waals surface area contributed by atoms with E-state index in [0.29, 0.717) is 13.2 Å². The second-order valence-corrected chi connectivity index (χ2v) is 6.56. The van der Waals surface area contributed by atoms with E-state index in [9.17, 15) is 0 Å². The average Bonchev–Trinajstić information content (AvgIpc) is 2.64. The van der Waals surface area contributed by atoms with E-state index >= 15 is 0 Å². The number of hydrogen-bond acceptors (Lipinski definition) is 2. The van der Waals surface area contributed by atoms with Crippen molar-refractivity contribution in [3.8, 4) is 11.5 Å². The summed E-state index contributed by atoms with van der Waals surface area (Å²) in [6, 6.07) is 17.5. The van der Waals surface area contributed by atoms with Crippen molar-refractivity contribution in [3.05, 3.63) is 59.7 Å². The summed E-state index contributed by atoms with van der Waals surface area (Å²) < 4.78 is 11.2. The molecule has 0 bridgehead atoms. The Hall–Kier alpha value is -1.96. The van der Waals surface area contributed by atoms with Gasteiger partial charge in [0.2, 0.25) is 0 Å². The van der Waals surface area contributed by atoms with Crippen molar-refractivity contribution in [2.24, 2.45) is 0 Å². The summed E-state index contributed by atoms with van der Waals surface area (Å²) in [5, 5.41) is 0. The Morgan fingerprint density at radius 3 is 1.46 bits per heavy atom. The molecule has 2 nitrogen and oxygen atoms in total. The van der Waals surface area contributed by atoms with Crippen LogP contribution in [-0.2, 0) is 5.41 Å². The molecule has 0 N–H and O–H groups in total. The van der Waals surface area contributed by atoms with E-state index in [2.05, 4.69) is 48.5 Å². The highest BCUT2D eigenvalue weighted by Gasteiger charge is 2.35. The third kappa shape index (κ3) is 3.43. The predicted molar refractivity (Wildman–Crippen MR) is 99.1 cm³/mol. The molecule has 0 saturated heterocycles. The molecule has 1 aliphatic carbocycles. The van der Waals surface area contributed by atoms with Crippen molar-refractivity contribution in [1.82, 2.24) is 0 Å². The normalized spacial score (nSPS) is 16.6. The molecule has 0 aromatic heterocycles. The molecule has 0 heterocycles. The van der Waals surface area contributed by atoms with Gasteiger partial charge < -0.3 is 9.47 Å². The summed E-state index contributed by atoms with van der Waals surface area (Å²) in [4.78, 5) is 0. The van der Waals surface area contributed by atoms with Gasteiger partial charge in [0.1, 0.15) is 11.5 Å². The Labute approximate surface area is 145 Å². The molecule has 1 saturated carbocycles. The second-order valence-electron chi connectivity index (χ2n) is 6.56. The smallest absolute Gasteiger partial charge is 0.119 e. The SMILES string of the molecule is CCOc1ccc(C2(c3ccc(OCC)cc3)CCCCC2)cc1. The summed E-state index contributed by atoms with van der Waals surface area (Å²) >= 11 is 0. The maximum atomic E-state index is 5.61. The van der Waals surface area contributed by atoms with Crippen molar-refractivity contribution in [1.29, 1.82) is 0 Å². The highest BCUT2D eigenvalue weighted by molar-refractivity contribution is 5.43. The summed E-state index contributed by atoms with van der Waals surface area (Å²) in [6.07, 6.45) is 6.36. The van der Waals surface area contributed by atoms with Gasteiger partial charge in [0, 0.05) is 5.41 Å². The molecule has 0 radical (unpaired) electrons. The highest BCUT2D eigenvalue weighted by atomic mass is 16.5. The lowest BCUT2D eigenvalue weighted by Crippen LogP contribution is -2.30. The van der Waals surface area contributed by atoms with Crippen molar-refractivity contribution in [3.63, 3.8) is 0 Å². The first kappa shape index (κ1) is 16.9. The molecule has 2 aromatic carbocycles. The van der Waals surface area contributed by atoms with E-state index in [-0.39, 0.29) is 5.41 Å². The van der Waals surface area contributed by atoms with Gasteiger partial charge >= 0.3 is 0 Å². The minimum Gasteiger partial charge on any atom is -0.494 e. The first-order valence-corrected chi connectivity index (χ1v) is 9.25. The van der Waals surface area contributed by atoms with Crippen LogP contribution < -0.4 is 9.47 Å². The van der Waals surface area contributed by atoms with Crippen LogP contribution >= 0.6 is 0 Å². The van der Waals surface area contributed by atoms with Gasteiger partial charge in [-0.25, -0.2) is 0 Å². The standard InChI is InChI=1S/C22H28O2/c1-3-23-20-12-8-18(9-13-20)22(16-6-5-7-17-22)19-10-14-21(15-11-19)24-4-2/h8-15H,3-7,16-17H2,1-2H3. The zero-order valence-electron chi connectivity index (χ0n) is 14.9. The quantitative estimate of drug-likeness (QED) is 0.675. The fourth-order valence-electron chi connectivity index (χ4n) is 3.97. The maximum absolute atomic E-state index is 5.61. The van der Waals surface area contributed by atoms with Gasteiger partial charge in [-0.3, -0.25) is 0 Å². The number of rotatable bonds is 6. The molecule has 0 atom stereocenters. The third-order valence-corrected chi connectivity index (χ3v) is 5.14. The Bertz CT molecular complexity index is 571. The molecule has 0 unspecified atom stereocenters. The lowest BCUT2D eigenvalue weighted by molar-refractivity contribution is 0.333. The van der Waals surface area contributed by atoms with Crippen LogP contribution in [0.15, 0.2) is 48.5 Å². The molecule has 24 heavy (non-hydrogen) atoms. The minimum absolute atomic E-state index is 0.133. The van der Waals surface area contributed by atoms with E-state index in [4.69, 9.17) is 9.47 Å². The van der Waals surface area contributed by atoms with Crippen LogP contribution in [0.3, 0.4) is 0 Å². The number of hydrogen-bond donors (Lipinski definition) is 0. The Morgan fingerprint density at radius 2 is 1.08 bits per heavy atom. The molecule has 0 aliphatic heterocycles. The summed E-state index contributed by atoms with van der Waals surface area (Å²) in [5.41, 5.74) is 2.96. The first-order chi connectivity index (χ1) is 11.8. The predicted octanol–water partition coefficient (Wildman–Crippen LogP) is 5.73. The van der Waals surface area contributed by atoms with Crippen LogP contribution in [-0.4, -0.2) is 13.2 Å². The van der Waals surface area contributed by atoms with E-state index < -0.39 is 0 Å². The first-order valence-electron chi connectivity index (χ1n) is 9.25. The lowest BCUT2D eigenvalue weighted by atomic mass is 9.65. The summed E-state index contributed by atoms with van der Waals surface area (Å²) in [5.74, 6) is 1.91.